The maximum Gasteiger partial charge on any atom is 0.153 e. The maximum absolute atomic E-state index is 5.91. The molecule has 0 aliphatic carbocycles. The van der Waals surface area contributed by atoms with Crippen molar-refractivity contribution >= 4 is 27.8 Å². The summed E-state index contributed by atoms with van der Waals surface area (Å²) in [6.45, 7) is 0. The van der Waals surface area contributed by atoms with E-state index >= 15 is 0 Å². The summed E-state index contributed by atoms with van der Waals surface area (Å²) in [4.78, 5) is 7.41. The van der Waals surface area contributed by atoms with E-state index in [4.69, 9.17) is 12.2 Å². The first-order valence-corrected chi connectivity index (χ1v) is 6.44. The van der Waals surface area contributed by atoms with Crippen LogP contribution in [0.5, 0.6) is 0 Å². The first-order valence-electron chi connectivity index (χ1n) is 6.44. The van der Waals surface area contributed by atoms with Crippen LogP contribution in [0.1, 0.15) is 5.56 Å². The molecule has 1 aromatic carbocycles. The highest BCUT2D eigenvalue weighted by Crippen LogP contribution is 2.32. The zero-order valence-corrected chi connectivity index (χ0v) is 11.0. The summed E-state index contributed by atoms with van der Waals surface area (Å²) in [7, 11) is 0. The minimum absolute atomic E-state index is 0.447. The number of nitrogens with one attached hydrogen (secondary N) is 2. The summed E-state index contributed by atoms with van der Waals surface area (Å²) in [6.07, 6.45) is 9.25. The molecule has 3 heterocycles. The Kier molecular flexibility index (Phi) is 2.27. The highest BCUT2D eigenvalue weighted by molar-refractivity contribution is 6.00. The quantitative estimate of drug-likeness (QED) is 0.466. The number of fused-ring (bicyclic) bond motifs is 2. The second kappa shape index (κ2) is 4.12. The molecule has 5 nitrogen and oxygen atoms in total. The summed E-state index contributed by atoms with van der Waals surface area (Å²) in [5.74, 6) is 3.13. The van der Waals surface area contributed by atoms with Crippen LogP contribution >= 0.6 is 0 Å². The molecule has 3 aromatic heterocycles. The zero-order chi connectivity index (χ0) is 14.4. The maximum atomic E-state index is 5.91. The Morgan fingerprint density at radius 3 is 2.95 bits per heavy atom. The average molecular weight is 273 g/mol. The number of H-pyrrole nitrogens is 2. The van der Waals surface area contributed by atoms with E-state index < -0.39 is 0 Å². The van der Waals surface area contributed by atoms with Crippen molar-refractivity contribution in [2.75, 3.05) is 5.73 Å². The number of nitrogens with two attached hydrogens (primary N) is 1. The number of hydrogen-bond donors (Lipinski definition) is 3. The lowest BCUT2D eigenvalue weighted by atomic mass is 9.99. The molecule has 0 fully saturated rings. The van der Waals surface area contributed by atoms with Gasteiger partial charge in [0.2, 0.25) is 0 Å². The van der Waals surface area contributed by atoms with Gasteiger partial charge in [0.15, 0.2) is 5.82 Å². The van der Waals surface area contributed by atoms with Crippen molar-refractivity contribution in [3.05, 3.63) is 42.2 Å². The molecule has 5 heteroatoms. The molecule has 4 rings (SSSR count). The smallest absolute Gasteiger partial charge is 0.153 e. The van der Waals surface area contributed by atoms with Gasteiger partial charge in [-0.1, -0.05) is 5.92 Å². The van der Waals surface area contributed by atoms with Crippen molar-refractivity contribution in [2.45, 2.75) is 0 Å². The number of aromatic nitrogens is 4. The van der Waals surface area contributed by atoms with E-state index in [1.54, 1.807) is 6.20 Å². The summed E-state index contributed by atoms with van der Waals surface area (Å²) < 4.78 is 0. The van der Waals surface area contributed by atoms with E-state index in [-0.39, 0.29) is 0 Å². The molecule has 0 bridgehead atoms. The van der Waals surface area contributed by atoms with Crippen LogP contribution in [-0.2, 0) is 0 Å². The zero-order valence-electron chi connectivity index (χ0n) is 11.0. The van der Waals surface area contributed by atoms with Crippen molar-refractivity contribution in [1.29, 1.82) is 0 Å². The van der Waals surface area contributed by atoms with Crippen molar-refractivity contribution in [1.82, 2.24) is 20.2 Å². The molecule has 0 saturated carbocycles. The Morgan fingerprint density at radius 1 is 1.19 bits per heavy atom. The number of aromatic amines is 2. The van der Waals surface area contributed by atoms with Gasteiger partial charge in [0.1, 0.15) is 5.65 Å². The summed E-state index contributed by atoms with van der Waals surface area (Å²) >= 11 is 0. The molecule has 0 saturated heterocycles. The van der Waals surface area contributed by atoms with Gasteiger partial charge >= 0.3 is 0 Å². The fraction of sp³-hybridized carbons (Fsp3) is 0. The van der Waals surface area contributed by atoms with Crippen LogP contribution in [-0.4, -0.2) is 20.2 Å². The number of nitrogens with zero attached hydrogens (tertiary/aromatic N) is 2. The monoisotopic (exact) mass is 273 g/mol. The summed E-state index contributed by atoms with van der Waals surface area (Å²) in [5.41, 5.74) is 10.3. The van der Waals surface area contributed by atoms with Crippen molar-refractivity contribution in [2.24, 2.45) is 0 Å². The van der Waals surface area contributed by atoms with Crippen molar-refractivity contribution in [3.63, 3.8) is 0 Å². The second-order valence-corrected chi connectivity index (χ2v) is 4.80. The first kappa shape index (κ1) is 11.6. The SMILES string of the molecule is C#Cc1cc(-c2ccnc3[nH]ccc23)cc2c(N)n[nH]c12. The number of terminal acetylenes is 1. The van der Waals surface area contributed by atoms with Gasteiger partial charge < -0.3 is 10.7 Å². The fourth-order valence-corrected chi connectivity index (χ4v) is 2.62. The van der Waals surface area contributed by atoms with Crippen molar-refractivity contribution in [3.8, 4) is 23.5 Å². The average Bonchev–Trinajstić information content (AvgIpc) is 3.13. The third kappa shape index (κ3) is 1.60. The lowest BCUT2D eigenvalue weighted by molar-refractivity contribution is 1.13. The molecule has 4 aromatic rings. The van der Waals surface area contributed by atoms with Gasteiger partial charge in [-0.25, -0.2) is 4.98 Å². The number of benzene rings is 1. The summed E-state index contributed by atoms with van der Waals surface area (Å²) in [5, 5.41) is 8.79. The predicted octanol–water partition coefficient (Wildman–Crippen LogP) is 2.67. The standard InChI is InChI=1S/C16H11N5/c1-2-9-7-10(8-13-14(9)20-21-15(13)17)11-3-5-18-16-12(11)4-6-19-16/h1,3-8H,(H,18,19)(H3,17,20,21). The van der Waals surface area contributed by atoms with E-state index in [2.05, 4.69) is 26.1 Å². The number of anilines is 1. The van der Waals surface area contributed by atoms with Gasteiger partial charge in [-0.2, -0.15) is 5.10 Å². The number of hydrogen-bond acceptors (Lipinski definition) is 3. The number of rotatable bonds is 1. The van der Waals surface area contributed by atoms with E-state index in [0.29, 0.717) is 5.82 Å². The van der Waals surface area contributed by atoms with E-state index in [1.807, 2.05) is 30.5 Å². The molecular formula is C16H11N5. The first-order chi connectivity index (χ1) is 10.3. The molecule has 4 N–H and O–H groups in total. The molecule has 0 unspecified atom stereocenters. The minimum atomic E-state index is 0.447. The van der Waals surface area contributed by atoms with Crippen LogP contribution in [0.25, 0.3) is 33.1 Å². The molecule has 0 spiro atoms. The van der Waals surface area contributed by atoms with Crippen LogP contribution in [0, 0.1) is 12.3 Å². The molecule has 0 aliphatic rings. The Morgan fingerprint density at radius 2 is 2.10 bits per heavy atom. The topological polar surface area (TPSA) is 83.4 Å². The van der Waals surface area contributed by atoms with Gasteiger partial charge in [0.05, 0.1) is 11.1 Å². The second-order valence-electron chi connectivity index (χ2n) is 4.80. The van der Waals surface area contributed by atoms with Gasteiger partial charge in [0, 0.05) is 23.2 Å². The van der Waals surface area contributed by atoms with E-state index in [9.17, 15) is 0 Å². The number of pyridine rings is 1. The van der Waals surface area contributed by atoms with E-state index in [1.165, 1.54) is 0 Å². The highest BCUT2D eigenvalue weighted by atomic mass is 15.1. The lowest BCUT2D eigenvalue weighted by Gasteiger charge is -2.05. The van der Waals surface area contributed by atoms with Gasteiger partial charge in [0.25, 0.3) is 0 Å². The van der Waals surface area contributed by atoms with Crippen LogP contribution in [0.3, 0.4) is 0 Å². The highest BCUT2D eigenvalue weighted by Gasteiger charge is 2.12. The van der Waals surface area contributed by atoms with Crippen LogP contribution < -0.4 is 5.73 Å². The number of nitrogen functional groups attached to an aromatic ring is 1. The molecule has 0 atom stereocenters. The van der Waals surface area contributed by atoms with Crippen molar-refractivity contribution < 1.29 is 0 Å². The van der Waals surface area contributed by atoms with Gasteiger partial charge in [-0.05, 0) is 35.4 Å². The summed E-state index contributed by atoms with van der Waals surface area (Å²) in [6, 6.07) is 7.92. The van der Waals surface area contributed by atoms with Gasteiger partial charge in [-0.15, -0.1) is 6.42 Å². The van der Waals surface area contributed by atoms with Crippen LogP contribution in [0.2, 0.25) is 0 Å². The van der Waals surface area contributed by atoms with E-state index in [0.717, 1.165) is 38.6 Å². The molecular weight excluding hydrogens is 262 g/mol. The molecule has 21 heavy (non-hydrogen) atoms. The lowest BCUT2D eigenvalue weighted by Crippen LogP contribution is -1.87. The largest absolute Gasteiger partial charge is 0.382 e. The fourth-order valence-electron chi connectivity index (χ4n) is 2.62. The normalized spacial score (nSPS) is 11.0. The predicted molar refractivity (Wildman–Crippen MR) is 83.5 cm³/mol. The third-order valence-corrected chi connectivity index (χ3v) is 3.63. The molecule has 0 aliphatic heterocycles. The Balaban J connectivity index is 2.09. The van der Waals surface area contributed by atoms with Crippen LogP contribution in [0.4, 0.5) is 5.82 Å². The molecule has 0 amide bonds. The Hall–Kier alpha value is -3.26. The third-order valence-electron chi connectivity index (χ3n) is 3.63. The molecule has 0 radical (unpaired) electrons. The minimum Gasteiger partial charge on any atom is -0.382 e. The molecule has 100 valence electrons. The Bertz CT molecular complexity index is 1020. The van der Waals surface area contributed by atoms with Gasteiger partial charge in [-0.3, -0.25) is 5.10 Å². The Labute approximate surface area is 120 Å². The van der Waals surface area contributed by atoms with Crippen LogP contribution in [0.15, 0.2) is 36.7 Å².